The Morgan fingerprint density at radius 1 is 1.10 bits per heavy atom. The highest BCUT2D eigenvalue weighted by molar-refractivity contribution is 6.31. The fourth-order valence-corrected chi connectivity index (χ4v) is 3.72. The third kappa shape index (κ3) is 4.71. The van der Waals surface area contributed by atoms with E-state index in [0.717, 1.165) is 5.56 Å². The Morgan fingerprint density at radius 2 is 1.73 bits per heavy atom. The second-order valence-corrected chi connectivity index (χ2v) is 8.39. The summed E-state index contributed by atoms with van der Waals surface area (Å²) in [6, 6.07) is 14.6. The van der Waals surface area contributed by atoms with Crippen LogP contribution >= 0.6 is 11.6 Å². The molecule has 0 saturated heterocycles. The van der Waals surface area contributed by atoms with Gasteiger partial charge in [0.1, 0.15) is 0 Å². The van der Waals surface area contributed by atoms with Gasteiger partial charge in [-0.15, -0.1) is 0 Å². The minimum absolute atomic E-state index is 0.101. The predicted molar refractivity (Wildman–Crippen MR) is 121 cm³/mol. The van der Waals surface area contributed by atoms with E-state index in [1.165, 1.54) is 4.68 Å². The molecular weight excluding hydrogens is 400 g/mol. The Kier molecular flexibility index (Phi) is 6.90. The number of halogens is 1. The molecule has 0 fully saturated rings. The first-order valence-corrected chi connectivity index (χ1v) is 10.4. The van der Waals surface area contributed by atoms with Crippen molar-refractivity contribution < 1.29 is 4.79 Å². The monoisotopic (exact) mass is 426 g/mol. The minimum atomic E-state index is -0.317. The number of amides is 1. The molecule has 0 aliphatic heterocycles. The highest BCUT2D eigenvalue weighted by Crippen LogP contribution is 2.25. The largest absolute Gasteiger partial charge is 0.349 e. The lowest BCUT2D eigenvalue weighted by Gasteiger charge is -2.26. The van der Waals surface area contributed by atoms with E-state index < -0.39 is 0 Å². The maximum Gasteiger partial charge on any atom is 0.274 e. The van der Waals surface area contributed by atoms with Crippen LogP contribution in [0.2, 0.25) is 5.02 Å². The van der Waals surface area contributed by atoms with Gasteiger partial charge < -0.3 is 10.2 Å². The standard InChI is InChI=1S/C23H27ClN4O2/c1-15(2)14-28-23(30)17-10-6-5-9-16(17)21(26-28)22(29)25-13-20(27(3)4)18-11-7-8-12-19(18)24/h5-12,15,20H,13-14H2,1-4H3,(H,25,29)/t20-/m0/s1. The third-order valence-corrected chi connectivity index (χ3v) is 5.31. The average molecular weight is 427 g/mol. The van der Waals surface area contributed by atoms with Crippen LogP contribution in [0.15, 0.2) is 53.3 Å². The van der Waals surface area contributed by atoms with Gasteiger partial charge in [0.05, 0.1) is 11.4 Å². The molecule has 0 unspecified atom stereocenters. The maximum atomic E-state index is 13.1. The highest BCUT2D eigenvalue weighted by Gasteiger charge is 2.21. The van der Waals surface area contributed by atoms with Crippen LogP contribution in [0, 0.1) is 5.92 Å². The second kappa shape index (κ2) is 9.41. The first kappa shape index (κ1) is 22.0. The summed E-state index contributed by atoms with van der Waals surface area (Å²) in [6.45, 7) is 4.82. The van der Waals surface area contributed by atoms with Gasteiger partial charge in [-0.2, -0.15) is 5.10 Å². The number of nitrogens with one attached hydrogen (secondary N) is 1. The van der Waals surface area contributed by atoms with Gasteiger partial charge in [0, 0.05) is 23.5 Å². The van der Waals surface area contributed by atoms with Crippen molar-refractivity contribution >= 4 is 28.3 Å². The summed E-state index contributed by atoms with van der Waals surface area (Å²) in [5.74, 6) is -0.0896. The molecule has 0 saturated carbocycles. The van der Waals surface area contributed by atoms with Crippen molar-refractivity contribution in [3.8, 4) is 0 Å². The van der Waals surface area contributed by atoms with Gasteiger partial charge in [-0.3, -0.25) is 9.59 Å². The van der Waals surface area contributed by atoms with Crippen molar-refractivity contribution in [1.82, 2.24) is 20.0 Å². The summed E-state index contributed by atoms with van der Waals surface area (Å²) in [6.07, 6.45) is 0. The normalized spacial score (nSPS) is 12.5. The number of aromatic nitrogens is 2. The lowest BCUT2D eigenvalue weighted by atomic mass is 10.1. The fourth-order valence-electron chi connectivity index (χ4n) is 3.46. The number of nitrogens with zero attached hydrogens (tertiary/aromatic N) is 3. The molecular formula is C23H27ClN4O2. The number of hydrogen-bond donors (Lipinski definition) is 1. The predicted octanol–water partition coefficient (Wildman–Crippen LogP) is 3.74. The third-order valence-electron chi connectivity index (χ3n) is 4.96. The SMILES string of the molecule is CC(C)Cn1nc(C(=O)NC[C@@H](c2ccccc2Cl)N(C)C)c2ccccc2c1=O. The van der Waals surface area contributed by atoms with Crippen LogP contribution < -0.4 is 10.9 Å². The highest BCUT2D eigenvalue weighted by atomic mass is 35.5. The number of carbonyl (C=O) groups excluding carboxylic acids is 1. The molecule has 1 amide bonds. The van der Waals surface area contributed by atoms with Gasteiger partial charge in [-0.05, 0) is 37.7 Å². The molecule has 1 N–H and O–H groups in total. The van der Waals surface area contributed by atoms with Gasteiger partial charge in [0.15, 0.2) is 5.69 Å². The molecule has 0 aliphatic carbocycles. The van der Waals surface area contributed by atoms with E-state index in [1.807, 2.05) is 57.1 Å². The summed E-state index contributed by atoms with van der Waals surface area (Å²) >= 11 is 6.37. The molecule has 1 aromatic heterocycles. The molecule has 7 heteroatoms. The van der Waals surface area contributed by atoms with Gasteiger partial charge in [-0.25, -0.2) is 4.68 Å². The van der Waals surface area contributed by atoms with Crippen LogP contribution in [0.1, 0.15) is 35.9 Å². The lowest BCUT2D eigenvalue weighted by molar-refractivity contribution is 0.0936. The zero-order valence-electron chi connectivity index (χ0n) is 17.7. The Balaban J connectivity index is 1.93. The van der Waals surface area contributed by atoms with Crippen molar-refractivity contribution in [2.24, 2.45) is 5.92 Å². The fraction of sp³-hybridized carbons (Fsp3) is 0.348. The topological polar surface area (TPSA) is 67.2 Å². The van der Waals surface area contributed by atoms with E-state index in [9.17, 15) is 9.59 Å². The Labute approximate surface area is 181 Å². The number of benzene rings is 2. The molecule has 3 aromatic rings. The number of carbonyl (C=O) groups is 1. The van der Waals surface area contributed by atoms with Crippen molar-refractivity contribution in [2.75, 3.05) is 20.6 Å². The quantitative estimate of drug-likeness (QED) is 0.625. The molecule has 0 aliphatic rings. The molecule has 0 bridgehead atoms. The van der Waals surface area contributed by atoms with Gasteiger partial charge in [-0.1, -0.05) is 61.8 Å². The van der Waals surface area contributed by atoms with E-state index in [2.05, 4.69) is 10.4 Å². The van der Waals surface area contributed by atoms with Crippen LogP contribution in [-0.4, -0.2) is 41.2 Å². The molecule has 2 aromatic carbocycles. The number of fused-ring (bicyclic) bond motifs is 1. The molecule has 158 valence electrons. The summed E-state index contributed by atoms with van der Waals surface area (Å²) in [4.78, 5) is 27.9. The molecule has 1 heterocycles. The van der Waals surface area contributed by atoms with Crippen molar-refractivity contribution in [3.05, 3.63) is 75.2 Å². The number of likely N-dealkylation sites (N-methyl/N-ethyl adjacent to an activating group) is 1. The van der Waals surface area contributed by atoms with Crippen molar-refractivity contribution in [3.63, 3.8) is 0 Å². The number of hydrogen-bond acceptors (Lipinski definition) is 4. The molecule has 6 nitrogen and oxygen atoms in total. The Bertz CT molecular complexity index is 1110. The maximum absolute atomic E-state index is 13.1. The van der Waals surface area contributed by atoms with E-state index in [-0.39, 0.29) is 29.1 Å². The van der Waals surface area contributed by atoms with Crippen LogP contribution in [0.3, 0.4) is 0 Å². The molecule has 3 rings (SSSR count). The first-order valence-electron chi connectivity index (χ1n) is 9.98. The second-order valence-electron chi connectivity index (χ2n) is 7.99. The summed E-state index contributed by atoms with van der Waals surface area (Å²) < 4.78 is 1.39. The Morgan fingerprint density at radius 3 is 2.37 bits per heavy atom. The van der Waals surface area contributed by atoms with Gasteiger partial charge >= 0.3 is 0 Å². The Hall–Kier alpha value is -2.70. The summed E-state index contributed by atoms with van der Waals surface area (Å²) in [5.41, 5.74) is 1.01. The van der Waals surface area contributed by atoms with Crippen LogP contribution in [-0.2, 0) is 6.54 Å². The van der Waals surface area contributed by atoms with Crippen LogP contribution in [0.25, 0.3) is 10.8 Å². The van der Waals surface area contributed by atoms with E-state index in [1.54, 1.807) is 24.3 Å². The molecule has 0 spiro atoms. The summed E-state index contributed by atoms with van der Waals surface area (Å²) in [5, 5.41) is 9.09. The van der Waals surface area contributed by atoms with Gasteiger partial charge in [0.25, 0.3) is 11.5 Å². The van der Waals surface area contributed by atoms with Gasteiger partial charge in [0.2, 0.25) is 0 Å². The van der Waals surface area contributed by atoms with Crippen LogP contribution in [0.4, 0.5) is 0 Å². The molecule has 0 radical (unpaired) electrons. The first-order chi connectivity index (χ1) is 14.3. The number of rotatable bonds is 7. The molecule has 30 heavy (non-hydrogen) atoms. The minimum Gasteiger partial charge on any atom is -0.349 e. The smallest absolute Gasteiger partial charge is 0.274 e. The van der Waals surface area contributed by atoms with E-state index >= 15 is 0 Å². The average Bonchev–Trinajstić information content (AvgIpc) is 2.71. The van der Waals surface area contributed by atoms with E-state index in [0.29, 0.717) is 28.9 Å². The van der Waals surface area contributed by atoms with Crippen molar-refractivity contribution in [2.45, 2.75) is 26.4 Å². The van der Waals surface area contributed by atoms with Crippen LogP contribution in [0.5, 0.6) is 0 Å². The van der Waals surface area contributed by atoms with E-state index in [4.69, 9.17) is 11.6 Å². The lowest BCUT2D eigenvalue weighted by Crippen LogP contribution is -2.36. The zero-order valence-corrected chi connectivity index (χ0v) is 18.5. The zero-order chi connectivity index (χ0) is 21.8. The molecule has 1 atom stereocenters. The summed E-state index contributed by atoms with van der Waals surface area (Å²) in [7, 11) is 3.88. The van der Waals surface area contributed by atoms with Crippen molar-refractivity contribution in [1.29, 1.82) is 0 Å².